The summed E-state index contributed by atoms with van der Waals surface area (Å²) in [5, 5.41) is 3.17. The summed E-state index contributed by atoms with van der Waals surface area (Å²) in [6.07, 6.45) is 6.33. The lowest BCUT2D eigenvalue weighted by atomic mass is 10.1. The first kappa shape index (κ1) is 26.2. The molecule has 3 heterocycles. The predicted molar refractivity (Wildman–Crippen MR) is 146 cm³/mol. The average Bonchev–Trinajstić information content (AvgIpc) is 3.22. The number of aryl methyl sites for hydroxylation is 2. The molecule has 1 aliphatic heterocycles. The third kappa shape index (κ3) is 6.54. The molecule has 8 nitrogen and oxygen atoms in total. The van der Waals surface area contributed by atoms with Gasteiger partial charge in [-0.05, 0) is 87.8 Å². The van der Waals surface area contributed by atoms with Crippen LogP contribution in [-0.2, 0) is 19.6 Å². The monoisotopic (exact) mass is 541 g/mol. The smallest absolute Gasteiger partial charge is 0.275 e. The van der Waals surface area contributed by atoms with Crippen molar-refractivity contribution in [2.45, 2.75) is 70.1 Å². The zero-order valence-corrected chi connectivity index (χ0v) is 23.7. The Morgan fingerprint density at radius 2 is 1.92 bits per heavy atom. The Morgan fingerprint density at radius 3 is 2.59 bits per heavy atom. The molecule has 2 aliphatic rings. The van der Waals surface area contributed by atoms with Crippen LogP contribution in [0.2, 0.25) is 0 Å². The number of hydrogen-bond acceptors (Lipinski definition) is 9. The highest BCUT2D eigenvalue weighted by Gasteiger charge is 2.32. The zero-order chi connectivity index (χ0) is 25.9. The molecule has 0 atom stereocenters. The van der Waals surface area contributed by atoms with Gasteiger partial charge in [0.2, 0.25) is 5.89 Å². The highest BCUT2D eigenvalue weighted by molar-refractivity contribution is 7.97. The first-order valence-corrected chi connectivity index (χ1v) is 14.5. The maximum atomic E-state index is 13.1. The Hall–Kier alpha value is -2.40. The molecule has 1 aliphatic carbocycles. The summed E-state index contributed by atoms with van der Waals surface area (Å²) >= 11 is 3.41. The van der Waals surface area contributed by atoms with Gasteiger partial charge < -0.3 is 14.1 Å². The van der Waals surface area contributed by atoms with Gasteiger partial charge in [-0.15, -0.1) is 11.3 Å². The van der Waals surface area contributed by atoms with Gasteiger partial charge in [0.25, 0.3) is 5.91 Å². The van der Waals surface area contributed by atoms with Crippen molar-refractivity contribution < 1.29 is 13.9 Å². The van der Waals surface area contributed by atoms with Gasteiger partial charge in [0.1, 0.15) is 17.0 Å². The molecule has 1 saturated carbocycles. The van der Waals surface area contributed by atoms with Crippen molar-refractivity contribution in [1.82, 2.24) is 24.1 Å². The minimum absolute atomic E-state index is 0.156. The van der Waals surface area contributed by atoms with Gasteiger partial charge in [-0.2, -0.15) is 0 Å². The van der Waals surface area contributed by atoms with Crippen molar-refractivity contribution in [3.8, 4) is 5.75 Å². The normalized spacial score (nSPS) is 16.0. The van der Waals surface area contributed by atoms with E-state index >= 15 is 0 Å². The molecule has 2 fully saturated rings. The number of thiazole rings is 1. The molecule has 0 spiro atoms. The number of aromatic nitrogens is 2. The topological polar surface area (TPSA) is 74.9 Å². The summed E-state index contributed by atoms with van der Waals surface area (Å²) in [6, 6.07) is 4.62. The fourth-order valence-corrected chi connectivity index (χ4v) is 6.64. The second-order valence-corrected chi connectivity index (χ2v) is 12.0. The molecule has 10 heteroatoms. The van der Waals surface area contributed by atoms with Crippen LogP contribution in [-0.4, -0.2) is 63.3 Å². The van der Waals surface area contributed by atoms with Crippen LogP contribution in [0.1, 0.15) is 63.9 Å². The number of rotatable bonds is 11. The lowest BCUT2D eigenvalue weighted by Crippen LogP contribution is -2.27. The molecule has 37 heavy (non-hydrogen) atoms. The fraction of sp³-hybridized carbons (Fsp3) is 0.519. The number of carbonyl (C=O) groups excluding carboxylic acids is 1. The van der Waals surface area contributed by atoms with Crippen LogP contribution in [0, 0.1) is 13.8 Å². The van der Waals surface area contributed by atoms with Crippen LogP contribution in [0.25, 0.3) is 0 Å². The van der Waals surface area contributed by atoms with E-state index in [9.17, 15) is 4.79 Å². The molecule has 3 aromatic rings. The third-order valence-corrected chi connectivity index (χ3v) is 9.17. The minimum atomic E-state index is -0.156. The number of likely N-dealkylation sites (tertiary alicyclic amines) is 1. The first-order chi connectivity index (χ1) is 17.9. The molecule has 0 unspecified atom stereocenters. The number of nitrogens with zero attached hydrogens (tertiary/aromatic N) is 5. The van der Waals surface area contributed by atoms with Crippen molar-refractivity contribution in [1.29, 1.82) is 0 Å². The van der Waals surface area contributed by atoms with Crippen molar-refractivity contribution in [3.05, 3.63) is 57.2 Å². The molecular weight excluding hydrogens is 506 g/mol. The van der Waals surface area contributed by atoms with E-state index in [0.29, 0.717) is 30.7 Å². The molecule has 198 valence electrons. The number of ether oxygens (including phenoxy) is 1. The number of benzene rings is 1. The maximum Gasteiger partial charge on any atom is 0.275 e. The van der Waals surface area contributed by atoms with Gasteiger partial charge >= 0.3 is 0 Å². The highest BCUT2D eigenvalue weighted by Crippen LogP contribution is 2.40. The van der Waals surface area contributed by atoms with Crippen LogP contribution in [0.5, 0.6) is 5.75 Å². The molecular formula is C27H35N5O3S2. The van der Waals surface area contributed by atoms with E-state index < -0.39 is 0 Å². The Kier molecular flexibility index (Phi) is 8.18. The lowest BCUT2D eigenvalue weighted by molar-refractivity contribution is 0.0777. The predicted octanol–water partition coefficient (Wildman–Crippen LogP) is 5.30. The Balaban J connectivity index is 1.19. The van der Waals surface area contributed by atoms with Crippen LogP contribution in [0.4, 0.5) is 0 Å². The second-order valence-electron chi connectivity index (χ2n) is 9.99. The molecule has 1 amide bonds. The van der Waals surface area contributed by atoms with E-state index in [4.69, 9.17) is 14.1 Å². The molecule has 5 rings (SSSR count). The number of oxazole rings is 1. The van der Waals surface area contributed by atoms with Crippen LogP contribution >= 0.6 is 23.3 Å². The fourth-order valence-electron chi connectivity index (χ4n) is 4.64. The molecule has 0 radical (unpaired) electrons. The van der Waals surface area contributed by atoms with Gasteiger partial charge in [0, 0.05) is 23.4 Å². The van der Waals surface area contributed by atoms with Gasteiger partial charge in [-0.3, -0.25) is 9.69 Å². The third-order valence-electron chi connectivity index (χ3n) is 6.80. The quantitative estimate of drug-likeness (QED) is 0.303. The summed E-state index contributed by atoms with van der Waals surface area (Å²) in [4.78, 5) is 27.7. The van der Waals surface area contributed by atoms with Crippen molar-refractivity contribution in [2.24, 2.45) is 0 Å². The van der Waals surface area contributed by atoms with Gasteiger partial charge in [0.05, 0.1) is 32.4 Å². The second kappa shape index (κ2) is 11.6. The summed E-state index contributed by atoms with van der Waals surface area (Å²) in [5.74, 6) is 1.27. The van der Waals surface area contributed by atoms with E-state index in [1.165, 1.54) is 35.1 Å². The molecule has 1 aromatic carbocycles. The average molecular weight is 542 g/mol. The van der Waals surface area contributed by atoms with Crippen molar-refractivity contribution in [2.75, 3.05) is 27.2 Å². The van der Waals surface area contributed by atoms with Gasteiger partial charge in [0.15, 0.2) is 5.69 Å². The standard InChI is InChI=1S/C27H35N5O3S2/c1-18-11-22(34-4)12-19(2)26(18)37-32(21-7-8-21)14-24-29-23(16-35-24)27(33)30(3)13-20-17-36-25(28-20)15-31-9-5-6-10-31/h11-12,16-17,21H,5-10,13-15H2,1-4H3. The lowest BCUT2D eigenvalue weighted by Gasteiger charge is -2.21. The summed E-state index contributed by atoms with van der Waals surface area (Å²) < 4.78 is 13.5. The molecule has 2 aromatic heterocycles. The molecule has 0 N–H and O–H groups in total. The molecule has 0 bridgehead atoms. The minimum Gasteiger partial charge on any atom is -0.497 e. The Labute approximate surface area is 227 Å². The number of methoxy groups -OCH3 is 1. The first-order valence-electron chi connectivity index (χ1n) is 12.8. The molecule has 1 saturated heterocycles. The van der Waals surface area contributed by atoms with Crippen LogP contribution in [0.3, 0.4) is 0 Å². The summed E-state index contributed by atoms with van der Waals surface area (Å²) in [6.45, 7) is 8.42. The Morgan fingerprint density at radius 1 is 1.19 bits per heavy atom. The number of carbonyl (C=O) groups is 1. The highest BCUT2D eigenvalue weighted by atomic mass is 32.2. The number of amides is 1. The van der Waals surface area contributed by atoms with Gasteiger partial charge in [-0.1, -0.05) is 0 Å². The van der Waals surface area contributed by atoms with Crippen LogP contribution < -0.4 is 4.74 Å². The zero-order valence-electron chi connectivity index (χ0n) is 22.0. The van der Waals surface area contributed by atoms with Crippen molar-refractivity contribution >= 4 is 29.2 Å². The summed E-state index contributed by atoms with van der Waals surface area (Å²) in [7, 11) is 3.48. The van der Waals surface area contributed by atoms with E-state index in [0.717, 1.165) is 48.9 Å². The van der Waals surface area contributed by atoms with E-state index in [-0.39, 0.29) is 5.91 Å². The Bertz CT molecular complexity index is 1210. The van der Waals surface area contributed by atoms with E-state index in [2.05, 4.69) is 45.5 Å². The van der Waals surface area contributed by atoms with Crippen LogP contribution in [0.15, 0.2) is 33.1 Å². The maximum absolute atomic E-state index is 13.1. The van der Waals surface area contributed by atoms with E-state index in [1.54, 1.807) is 42.3 Å². The van der Waals surface area contributed by atoms with Gasteiger partial charge in [-0.25, -0.2) is 14.3 Å². The van der Waals surface area contributed by atoms with E-state index in [1.807, 2.05) is 0 Å². The SMILES string of the molecule is COc1cc(C)c(SN(Cc2nc(C(=O)N(C)Cc3csc(CN4CCCC4)n3)co2)C2CC2)c(C)c1. The summed E-state index contributed by atoms with van der Waals surface area (Å²) in [5.41, 5.74) is 3.62. The van der Waals surface area contributed by atoms with Crippen molar-refractivity contribution in [3.63, 3.8) is 0 Å². The largest absolute Gasteiger partial charge is 0.497 e. The number of hydrogen-bond donors (Lipinski definition) is 0.